The topological polar surface area (TPSA) is 3.24 Å². The Kier molecular flexibility index (Phi) is 9.58. The van der Waals surface area contributed by atoms with Crippen LogP contribution < -0.4 is 4.90 Å². The predicted octanol–water partition coefficient (Wildman–Crippen LogP) is 18.1. The van der Waals surface area contributed by atoms with Crippen LogP contribution in [-0.2, 0) is 5.41 Å². The van der Waals surface area contributed by atoms with Crippen molar-refractivity contribution < 1.29 is 0 Å². The lowest BCUT2D eigenvalue weighted by Gasteiger charge is -2.30. The number of anilines is 3. The van der Waals surface area contributed by atoms with E-state index in [2.05, 4.69) is 267 Å². The Labute approximate surface area is 387 Å². The molecule has 0 heterocycles. The van der Waals surface area contributed by atoms with E-state index in [1.54, 1.807) is 0 Å². The summed E-state index contributed by atoms with van der Waals surface area (Å²) in [7, 11) is 0. The van der Waals surface area contributed by atoms with E-state index in [9.17, 15) is 0 Å². The number of nitrogens with zero attached hydrogens (tertiary/aromatic N) is 1. The van der Waals surface area contributed by atoms with Crippen molar-refractivity contribution in [3.63, 3.8) is 0 Å². The van der Waals surface area contributed by atoms with Crippen molar-refractivity contribution in [2.24, 2.45) is 0 Å². The first-order valence-corrected chi connectivity index (χ1v) is 23.0. The number of fused-ring (bicyclic) bond motifs is 6. The molecule has 0 saturated heterocycles. The Balaban J connectivity index is 1.07. The zero-order valence-corrected chi connectivity index (χ0v) is 37.1. The van der Waals surface area contributed by atoms with Gasteiger partial charge in [0.1, 0.15) is 0 Å². The van der Waals surface area contributed by atoms with Crippen molar-refractivity contribution in [2.45, 2.75) is 19.3 Å². The molecule has 0 radical (unpaired) electrons. The molecule has 0 aliphatic heterocycles. The Bertz CT molecular complexity index is 3630. The lowest BCUT2D eigenvalue weighted by Crippen LogP contribution is -2.16. The fraction of sp³-hybridized carbons (Fsp3) is 0.0462. The quantitative estimate of drug-likeness (QED) is 0.138. The fourth-order valence-corrected chi connectivity index (χ4v) is 10.9. The van der Waals surface area contributed by atoms with Gasteiger partial charge in [0.25, 0.3) is 0 Å². The van der Waals surface area contributed by atoms with Gasteiger partial charge in [0, 0.05) is 22.4 Å². The Morgan fingerprint density at radius 3 is 1.53 bits per heavy atom. The molecular weight excluding hydrogens is 795 g/mol. The highest BCUT2D eigenvalue weighted by Gasteiger charge is 2.37. The van der Waals surface area contributed by atoms with Crippen LogP contribution in [0.25, 0.3) is 88.3 Å². The normalized spacial score (nSPS) is 12.5. The minimum absolute atomic E-state index is 0.150. The molecule has 0 N–H and O–H groups in total. The molecule has 1 aliphatic carbocycles. The zero-order valence-electron chi connectivity index (χ0n) is 37.1. The van der Waals surface area contributed by atoms with Crippen LogP contribution in [0.5, 0.6) is 0 Å². The maximum atomic E-state index is 2.48. The maximum absolute atomic E-state index is 2.48. The van der Waals surface area contributed by atoms with Crippen LogP contribution in [0, 0.1) is 0 Å². The standard InChI is InChI=1S/C65H47N/c1-65(2)62-38-14-12-32-59(62)61-37-19-35-53(64(61)65)47-24-17-26-49(43-47)66(48-25-16-23-46(42-48)52-34-18-36-55-51-27-7-6-22-45(51)40-41-58(52)55)63-39-15-13-33-60(63)57-31-11-10-30-56(57)54-29-9-8-28-50(54)44-20-4-3-5-21-44/h3-43H,1-2H3. The third-order valence-corrected chi connectivity index (χ3v) is 13.9. The second-order valence-electron chi connectivity index (χ2n) is 18.0. The summed E-state index contributed by atoms with van der Waals surface area (Å²) in [5.74, 6) is 0. The first-order chi connectivity index (χ1) is 32.5. The van der Waals surface area contributed by atoms with Crippen molar-refractivity contribution in [1.82, 2.24) is 0 Å². The lowest BCUT2D eigenvalue weighted by molar-refractivity contribution is 0.662. The lowest BCUT2D eigenvalue weighted by atomic mass is 9.79. The summed E-state index contributed by atoms with van der Waals surface area (Å²) >= 11 is 0. The van der Waals surface area contributed by atoms with E-state index < -0.39 is 0 Å². The summed E-state index contributed by atoms with van der Waals surface area (Å²) in [6.45, 7) is 4.76. The monoisotopic (exact) mass is 841 g/mol. The van der Waals surface area contributed by atoms with Gasteiger partial charge in [-0.1, -0.05) is 232 Å². The summed E-state index contributed by atoms with van der Waals surface area (Å²) in [5.41, 5.74) is 20.5. The van der Waals surface area contributed by atoms with Crippen LogP contribution in [0.4, 0.5) is 17.1 Å². The van der Waals surface area contributed by atoms with Crippen molar-refractivity contribution in [2.75, 3.05) is 4.90 Å². The summed E-state index contributed by atoms with van der Waals surface area (Å²) < 4.78 is 0. The third kappa shape index (κ3) is 6.55. The van der Waals surface area contributed by atoms with Gasteiger partial charge in [0.15, 0.2) is 0 Å². The summed E-state index contributed by atoms with van der Waals surface area (Å²) in [4.78, 5) is 2.48. The first-order valence-electron chi connectivity index (χ1n) is 23.0. The molecule has 0 bridgehead atoms. The Morgan fingerprint density at radius 1 is 0.288 bits per heavy atom. The van der Waals surface area contributed by atoms with E-state index in [0.29, 0.717) is 0 Å². The van der Waals surface area contributed by atoms with Crippen LogP contribution >= 0.6 is 0 Å². The van der Waals surface area contributed by atoms with Crippen molar-refractivity contribution >= 4 is 38.6 Å². The second-order valence-corrected chi connectivity index (χ2v) is 18.0. The molecule has 0 unspecified atom stereocenters. The summed E-state index contributed by atoms with van der Waals surface area (Å²) in [6.07, 6.45) is 0. The van der Waals surface area contributed by atoms with Crippen LogP contribution in [0.15, 0.2) is 249 Å². The molecule has 312 valence electrons. The van der Waals surface area contributed by atoms with Gasteiger partial charge in [0.2, 0.25) is 0 Å². The van der Waals surface area contributed by atoms with Gasteiger partial charge in [-0.2, -0.15) is 0 Å². The third-order valence-electron chi connectivity index (χ3n) is 13.9. The van der Waals surface area contributed by atoms with E-state index in [-0.39, 0.29) is 5.41 Å². The minimum Gasteiger partial charge on any atom is -0.310 e. The number of hydrogen-bond donors (Lipinski definition) is 0. The fourth-order valence-electron chi connectivity index (χ4n) is 10.9. The highest BCUT2D eigenvalue weighted by atomic mass is 15.1. The largest absolute Gasteiger partial charge is 0.310 e. The first kappa shape index (κ1) is 39.3. The van der Waals surface area contributed by atoms with Crippen LogP contribution in [0.3, 0.4) is 0 Å². The molecule has 1 heteroatoms. The summed E-state index contributed by atoms with van der Waals surface area (Å²) in [5, 5.41) is 5.03. The average Bonchev–Trinajstić information content (AvgIpc) is 3.62. The number of para-hydroxylation sites is 1. The number of hydrogen-bond acceptors (Lipinski definition) is 1. The number of rotatable bonds is 8. The maximum Gasteiger partial charge on any atom is 0.0540 e. The van der Waals surface area contributed by atoms with Gasteiger partial charge >= 0.3 is 0 Å². The highest BCUT2D eigenvalue weighted by Crippen LogP contribution is 2.53. The Hall–Kier alpha value is -8.26. The van der Waals surface area contributed by atoms with E-state index in [4.69, 9.17) is 0 Å². The molecule has 0 fully saturated rings. The van der Waals surface area contributed by atoms with Gasteiger partial charge in [-0.25, -0.2) is 0 Å². The SMILES string of the molecule is CC1(C)c2ccccc2-c2cccc(-c3cccc(N(c4cccc(-c5cccc6c5ccc5ccccc56)c4)c4ccccc4-c4ccccc4-c4ccccc4-c4ccccc4)c3)c21. The van der Waals surface area contributed by atoms with Gasteiger partial charge < -0.3 is 4.90 Å². The van der Waals surface area contributed by atoms with Gasteiger partial charge in [0.05, 0.1) is 5.69 Å². The van der Waals surface area contributed by atoms with Crippen molar-refractivity contribution in [3.8, 4) is 66.8 Å². The van der Waals surface area contributed by atoms with Crippen LogP contribution in [0.1, 0.15) is 25.0 Å². The molecule has 12 rings (SSSR count). The minimum atomic E-state index is -0.150. The van der Waals surface area contributed by atoms with Gasteiger partial charge in [-0.05, 0) is 124 Å². The molecule has 66 heavy (non-hydrogen) atoms. The average molecular weight is 842 g/mol. The molecule has 11 aromatic carbocycles. The van der Waals surface area contributed by atoms with Crippen LogP contribution in [0.2, 0.25) is 0 Å². The smallest absolute Gasteiger partial charge is 0.0540 e. The molecule has 11 aromatic rings. The number of benzene rings is 11. The van der Waals surface area contributed by atoms with Crippen LogP contribution in [-0.4, -0.2) is 0 Å². The molecule has 1 aliphatic rings. The summed E-state index contributed by atoms with van der Waals surface area (Å²) in [6, 6.07) is 91.5. The van der Waals surface area contributed by atoms with Crippen molar-refractivity contribution in [1.29, 1.82) is 0 Å². The van der Waals surface area contributed by atoms with E-state index in [1.165, 1.54) is 93.9 Å². The zero-order chi connectivity index (χ0) is 44.2. The molecule has 0 spiro atoms. The molecule has 0 atom stereocenters. The molecule has 1 nitrogen and oxygen atoms in total. The highest BCUT2D eigenvalue weighted by molar-refractivity contribution is 6.12. The van der Waals surface area contributed by atoms with E-state index >= 15 is 0 Å². The van der Waals surface area contributed by atoms with Crippen molar-refractivity contribution in [3.05, 3.63) is 260 Å². The van der Waals surface area contributed by atoms with Gasteiger partial charge in [-0.15, -0.1) is 0 Å². The predicted molar refractivity (Wildman–Crippen MR) is 281 cm³/mol. The second kappa shape index (κ2) is 16.1. The van der Waals surface area contributed by atoms with E-state index in [1.807, 2.05) is 0 Å². The Morgan fingerprint density at radius 2 is 0.773 bits per heavy atom. The van der Waals surface area contributed by atoms with Gasteiger partial charge in [-0.3, -0.25) is 0 Å². The molecule has 0 amide bonds. The van der Waals surface area contributed by atoms with E-state index in [0.717, 1.165) is 22.6 Å². The molecule has 0 saturated carbocycles. The molecular formula is C65H47N. The molecule has 0 aromatic heterocycles.